The van der Waals surface area contributed by atoms with Gasteiger partial charge in [0.1, 0.15) is 11.5 Å². The highest BCUT2D eigenvalue weighted by atomic mass is 16.5. The third-order valence-corrected chi connectivity index (χ3v) is 5.02. The van der Waals surface area contributed by atoms with Crippen molar-refractivity contribution >= 4 is 17.5 Å². The van der Waals surface area contributed by atoms with Gasteiger partial charge in [-0.05, 0) is 31.2 Å². The molecule has 2 amide bonds. The van der Waals surface area contributed by atoms with Gasteiger partial charge in [0.05, 0.1) is 24.3 Å². The maximum atomic E-state index is 13.2. The van der Waals surface area contributed by atoms with Gasteiger partial charge in [-0.2, -0.15) is 0 Å². The van der Waals surface area contributed by atoms with E-state index in [9.17, 15) is 9.59 Å². The quantitative estimate of drug-likeness (QED) is 0.667. The molecule has 7 heteroatoms. The molecule has 4 rings (SSSR count). The van der Waals surface area contributed by atoms with Gasteiger partial charge in [-0.25, -0.2) is 4.98 Å². The Morgan fingerprint density at radius 1 is 1.10 bits per heavy atom. The number of aryl methyl sites for hydroxylation is 1. The molecule has 1 aliphatic rings. The smallest absolute Gasteiger partial charge is 0.265 e. The van der Waals surface area contributed by atoms with E-state index in [0.717, 1.165) is 5.56 Å². The Balaban J connectivity index is 1.60. The van der Waals surface area contributed by atoms with Gasteiger partial charge in [0, 0.05) is 19.7 Å². The van der Waals surface area contributed by atoms with Gasteiger partial charge in [-0.1, -0.05) is 30.3 Å². The van der Waals surface area contributed by atoms with Crippen molar-refractivity contribution in [2.75, 3.05) is 25.5 Å². The molecule has 0 aliphatic carbocycles. The topological polar surface area (TPSA) is 75.9 Å². The number of hydrogen-bond acceptors (Lipinski definition) is 5. The molecular formula is C23H23N3O4. The second kappa shape index (κ2) is 8.02. The molecule has 30 heavy (non-hydrogen) atoms. The fraction of sp³-hybridized carbons (Fsp3) is 0.261. The minimum Gasteiger partial charge on any atom is -0.476 e. The molecule has 7 nitrogen and oxygen atoms in total. The van der Waals surface area contributed by atoms with Gasteiger partial charge in [0.2, 0.25) is 11.8 Å². The van der Waals surface area contributed by atoms with Crippen LogP contribution in [0.2, 0.25) is 0 Å². The van der Waals surface area contributed by atoms with Crippen LogP contribution in [0.4, 0.5) is 5.69 Å². The van der Waals surface area contributed by atoms with Crippen LogP contribution in [-0.4, -0.2) is 48.4 Å². The molecule has 0 N–H and O–H groups in total. The Kier molecular flexibility index (Phi) is 5.27. The van der Waals surface area contributed by atoms with Crippen LogP contribution in [0.25, 0.3) is 11.5 Å². The van der Waals surface area contributed by atoms with Gasteiger partial charge in [0.15, 0.2) is 6.10 Å². The van der Waals surface area contributed by atoms with E-state index in [1.54, 1.807) is 32.0 Å². The number of carbonyl (C=O) groups excluding carboxylic acids is 2. The van der Waals surface area contributed by atoms with E-state index >= 15 is 0 Å². The normalized spacial score (nSPS) is 15.3. The van der Waals surface area contributed by atoms with E-state index in [-0.39, 0.29) is 24.8 Å². The maximum absolute atomic E-state index is 13.2. The average Bonchev–Trinajstić information content (AvgIpc) is 3.13. The van der Waals surface area contributed by atoms with E-state index in [1.807, 2.05) is 48.5 Å². The summed E-state index contributed by atoms with van der Waals surface area (Å²) < 4.78 is 11.6. The number of oxazole rings is 1. The summed E-state index contributed by atoms with van der Waals surface area (Å²) in [5, 5.41) is 0. The Labute approximate surface area is 174 Å². The standard InChI is InChI=1S/C23H23N3O4/c1-15-17(24-22(29-15)16-9-5-4-6-10-16)13-21(27)26-14-20(23(28)25(2)3)30-19-12-8-7-11-18(19)26/h4-12,20H,13-14H2,1-3H3/t20-/m1/s1. The first-order valence-electron chi connectivity index (χ1n) is 9.73. The monoisotopic (exact) mass is 405 g/mol. The summed E-state index contributed by atoms with van der Waals surface area (Å²) in [5.74, 6) is 1.24. The lowest BCUT2D eigenvalue weighted by Crippen LogP contribution is -2.50. The van der Waals surface area contributed by atoms with Gasteiger partial charge in [-0.15, -0.1) is 0 Å². The van der Waals surface area contributed by atoms with Crippen molar-refractivity contribution in [3.63, 3.8) is 0 Å². The number of para-hydroxylation sites is 2. The number of amides is 2. The lowest BCUT2D eigenvalue weighted by molar-refractivity contribution is -0.136. The van der Waals surface area contributed by atoms with Crippen LogP contribution >= 0.6 is 0 Å². The van der Waals surface area contributed by atoms with Gasteiger partial charge in [0.25, 0.3) is 5.91 Å². The van der Waals surface area contributed by atoms with E-state index in [1.165, 1.54) is 4.90 Å². The molecule has 0 bridgehead atoms. The number of fused-ring (bicyclic) bond motifs is 1. The molecule has 154 valence electrons. The number of benzene rings is 2. The summed E-state index contributed by atoms with van der Waals surface area (Å²) in [6, 6.07) is 16.8. The number of rotatable bonds is 4. The summed E-state index contributed by atoms with van der Waals surface area (Å²) in [7, 11) is 3.34. The molecule has 0 fully saturated rings. The molecule has 0 spiro atoms. The maximum Gasteiger partial charge on any atom is 0.265 e. The highest BCUT2D eigenvalue weighted by Gasteiger charge is 2.34. The third-order valence-electron chi connectivity index (χ3n) is 5.02. The molecular weight excluding hydrogens is 382 g/mol. The number of anilines is 1. The highest BCUT2D eigenvalue weighted by molar-refractivity contribution is 5.98. The van der Waals surface area contributed by atoms with Crippen LogP contribution in [-0.2, 0) is 16.0 Å². The van der Waals surface area contributed by atoms with Crippen molar-refractivity contribution in [3.05, 3.63) is 66.1 Å². The molecule has 0 unspecified atom stereocenters. The summed E-state index contributed by atoms with van der Waals surface area (Å²) in [5.41, 5.74) is 2.08. The lowest BCUT2D eigenvalue weighted by Gasteiger charge is -2.35. The van der Waals surface area contributed by atoms with Crippen molar-refractivity contribution in [3.8, 4) is 17.2 Å². The van der Waals surface area contributed by atoms with Crippen LogP contribution < -0.4 is 9.64 Å². The Morgan fingerprint density at radius 2 is 1.80 bits per heavy atom. The highest BCUT2D eigenvalue weighted by Crippen LogP contribution is 2.34. The number of likely N-dealkylation sites (N-methyl/N-ethyl adjacent to an activating group) is 1. The predicted octanol–water partition coefficient (Wildman–Crippen LogP) is 3.07. The summed E-state index contributed by atoms with van der Waals surface area (Å²) in [6.07, 6.45) is -0.684. The Morgan fingerprint density at radius 3 is 2.53 bits per heavy atom. The van der Waals surface area contributed by atoms with E-state index in [0.29, 0.717) is 28.8 Å². The van der Waals surface area contributed by atoms with E-state index in [4.69, 9.17) is 9.15 Å². The third kappa shape index (κ3) is 3.78. The van der Waals surface area contributed by atoms with Crippen LogP contribution in [0.1, 0.15) is 11.5 Å². The molecule has 2 aromatic carbocycles. The fourth-order valence-corrected chi connectivity index (χ4v) is 3.42. The van der Waals surface area contributed by atoms with Crippen molar-refractivity contribution in [2.24, 2.45) is 0 Å². The summed E-state index contributed by atoms with van der Waals surface area (Å²) in [4.78, 5) is 33.3. The first kappa shape index (κ1) is 19.7. The van der Waals surface area contributed by atoms with Crippen LogP contribution in [0.5, 0.6) is 5.75 Å². The van der Waals surface area contributed by atoms with Gasteiger partial charge < -0.3 is 19.0 Å². The molecule has 3 aromatic rings. The van der Waals surface area contributed by atoms with Crippen molar-refractivity contribution in [1.82, 2.24) is 9.88 Å². The fourth-order valence-electron chi connectivity index (χ4n) is 3.42. The van der Waals surface area contributed by atoms with Crippen molar-refractivity contribution < 1.29 is 18.7 Å². The molecule has 0 radical (unpaired) electrons. The van der Waals surface area contributed by atoms with Crippen molar-refractivity contribution in [1.29, 1.82) is 0 Å². The summed E-state index contributed by atoms with van der Waals surface area (Å²) >= 11 is 0. The van der Waals surface area contributed by atoms with Crippen LogP contribution in [0, 0.1) is 6.92 Å². The molecule has 1 aromatic heterocycles. The molecule has 0 saturated heterocycles. The SMILES string of the molecule is Cc1oc(-c2ccccc2)nc1CC(=O)N1C[C@H](C(=O)N(C)C)Oc2ccccc21. The number of hydrogen-bond donors (Lipinski definition) is 0. The molecule has 0 saturated carbocycles. The largest absolute Gasteiger partial charge is 0.476 e. The first-order chi connectivity index (χ1) is 14.4. The minimum absolute atomic E-state index is 0.0688. The Bertz CT molecular complexity index is 1080. The van der Waals surface area contributed by atoms with Gasteiger partial charge in [-0.3, -0.25) is 9.59 Å². The van der Waals surface area contributed by atoms with Crippen LogP contribution in [0.15, 0.2) is 59.0 Å². The first-order valence-corrected chi connectivity index (χ1v) is 9.73. The zero-order valence-corrected chi connectivity index (χ0v) is 17.2. The van der Waals surface area contributed by atoms with E-state index < -0.39 is 6.10 Å². The molecule has 1 atom stereocenters. The van der Waals surface area contributed by atoms with E-state index in [2.05, 4.69) is 4.98 Å². The number of aromatic nitrogens is 1. The Hall–Kier alpha value is -3.61. The second-order valence-electron chi connectivity index (χ2n) is 7.38. The second-order valence-corrected chi connectivity index (χ2v) is 7.38. The molecule has 2 heterocycles. The zero-order chi connectivity index (χ0) is 21.3. The number of nitrogens with zero attached hydrogens (tertiary/aromatic N) is 3. The number of carbonyl (C=O) groups is 2. The zero-order valence-electron chi connectivity index (χ0n) is 17.2. The lowest BCUT2D eigenvalue weighted by atomic mass is 10.1. The van der Waals surface area contributed by atoms with Crippen molar-refractivity contribution in [2.45, 2.75) is 19.4 Å². The van der Waals surface area contributed by atoms with Gasteiger partial charge >= 0.3 is 0 Å². The average molecular weight is 405 g/mol. The van der Waals surface area contributed by atoms with Crippen LogP contribution in [0.3, 0.4) is 0 Å². The predicted molar refractivity (Wildman–Crippen MR) is 112 cm³/mol. The molecule has 1 aliphatic heterocycles. The summed E-state index contributed by atoms with van der Waals surface area (Å²) in [6.45, 7) is 1.95. The number of ether oxygens (including phenoxy) is 1. The minimum atomic E-state index is -0.753.